The van der Waals surface area contributed by atoms with Crippen LogP contribution >= 0.6 is 11.6 Å². The fourth-order valence-electron chi connectivity index (χ4n) is 1.85. The average molecular weight is 365 g/mol. The number of halogens is 1. The number of amides is 1. The van der Waals surface area contributed by atoms with Crippen LogP contribution in [0.5, 0.6) is 11.5 Å². The summed E-state index contributed by atoms with van der Waals surface area (Å²) in [7, 11) is 1.55. The second kappa shape index (κ2) is 9.48. The van der Waals surface area contributed by atoms with E-state index in [-0.39, 0.29) is 23.9 Å². The van der Waals surface area contributed by atoms with Gasteiger partial charge >= 0.3 is 5.97 Å². The van der Waals surface area contributed by atoms with Gasteiger partial charge in [0.05, 0.1) is 19.2 Å². The second-order valence-electron chi connectivity index (χ2n) is 4.80. The zero-order valence-corrected chi connectivity index (χ0v) is 14.3. The van der Waals surface area contributed by atoms with Crippen molar-refractivity contribution >= 4 is 23.5 Å². The largest absolute Gasteiger partial charge is 0.493 e. The summed E-state index contributed by atoms with van der Waals surface area (Å²) < 4.78 is 15.6. The van der Waals surface area contributed by atoms with E-state index in [1.165, 1.54) is 18.3 Å². The molecule has 0 fully saturated rings. The summed E-state index contributed by atoms with van der Waals surface area (Å²) in [4.78, 5) is 27.2. The quantitative estimate of drug-likeness (QED) is 0.438. The van der Waals surface area contributed by atoms with Crippen LogP contribution < -0.4 is 14.8 Å². The Hall–Kier alpha value is -2.80. The van der Waals surface area contributed by atoms with Crippen molar-refractivity contribution in [2.24, 2.45) is 0 Å². The summed E-state index contributed by atoms with van der Waals surface area (Å²) in [6, 6.07) is 10.1. The summed E-state index contributed by atoms with van der Waals surface area (Å²) in [5, 5.41) is 2.86. The van der Waals surface area contributed by atoms with Crippen LogP contribution in [0.15, 0.2) is 42.6 Å². The number of benzene rings is 1. The molecule has 0 atom stereocenters. The number of carbonyl (C=O) groups excluding carboxylic acids is 2. The normalized spacial score (nSPS) is 10.0. The second-order valence-corrected chi connectivity index (χ2v) is 5.18. The van der Waals surface area contributed by atoms with Gasteiger partial charge in [-0.25, -0.2) is 9.78 Å². The summed E-state index contributed by atoms with van der Waals surface area (Å²) >= 11 is 5.63. The SMILES string of the molecule is COc1ccccc1OCCNC(=O)COC(=O)c1ccc(Cl)nc1. The minimum absolute atomic E-state index is 0.219. The minimum atomic E-state index is -0.649. The highest BCUT2D eigenvalue weighted by atomic mass is 35.5. The number of aromatic nitrogens is 1. The molecule has 1 aromatic carbocycles. The molecule has 0 saturated carbocycles. The average Bonchev–Trinajstić information content (AvgIpc) is 2.64. The smallest absolute Gasteiger partial charge is 0.340 e. The molecule has 1 amide bonds. The van der Waals surface area contributed by atoms with Crippen molar-refractivity contribution < 1.29 is 23.8 Å². The summed E-state index contributed by atoms with van der Waals surface area (Å²) in [6.07, 6.45) is 1.28. The van der Waals surface area contributed by atoms with Gasteiger partial charge in [-0.3, -0.25) is 4.79 Å². The van der Waals surface area contributed by atoms with E-state index >= 15 is 0 Å². The molecule has 132 valence electrons. The molecule has 0 spiro atoms. The third-order valence-electron chi connectivity index (χ3n) is 3.05. The third kappa shape index (κ3) is 5.96. The number of nitrogens with zero attached hydrogens (tertiary/aromatic N) is 1. The van der Waals surface area contributed by atoms with Gasteiger partial charge in [-0.1, -0.05) is 23.7 Å². The Balaban J connectivity index is 1.67. The Morgan fingerprint density at radius 3 is 2.60 bits per heavy atom. The van der Waals surface area contributed by atoms with E-state index in [0.717, 1.165) is 0 Å². The van der Waals surface area contributed by atoms with Crippen molar-refractivity contribution in [3.63, 3.8) is 0 Å². The number of esters is 1. The van der Waals surface area contributed by atoms with Crippen LogP contribution in [0, 0.1) is 0 Å². The van der Waals surface area contributed by atoms with E-state index in [1.54, 1.807) is 19.2 Å². The molecule has 1 heterocycles. The Kier molecular flexibility index (Phi) is 7.03. The van der Waals surface area contributed by atoms with Crippen LogP contribution in [0.3, 0.4) is 0 Å². The summed E-state index contributed by atoms with van der Waals surface area (Å²) in [6.45, 7) is 0.119. The summed E-state index contributed by atoms with van der Waals surface area (Å²) in [5.74, 6) is 0.115. The number of pyridine rings is 1. The van der Waals surface area contributed by atoms with Crippen molar-refractivity contribution in [3.8, 4) is 11.5 Å². The maximum atomic E-state index is 11.7. The lowest BCUT2D eigenvalue weighted by Crippen LogP contribution is -2.32. The van der Waals surface area contributed by atoms with Crippen LogP contribution in [0.4, 0.5) is 0 Å². The molecule has 8 heteroatoms. The van der Waals surface area contributed by atoms with Gasteiger partial charge in [0.2, 0.25) is 0 Å². The monoisotopic (exact) mass is 364 g/mol. The Morgan fingerprint density at radius 2 is 1.92 bits per heavy atom. The molecule has 2 aromatic rings. The Morgan fingerprint density at radius 1 is 1.16 bits per heavy atom. The standard InChI is InChI=1S/C17H17ClN2O5/c1-23-13-4-2-3-5-14(13)24-9-8-19-16(21)11-25-17(22)12-6-7-15(18)20-10-12/h2-7,10H,8-9,11H2,1H3,(H,19,21). The van der Waals surface area contributed by atoms with Gasteiger partial charge in [-0.05, 0) is 24.3 Å². The zero-order chi connectivity index (χ0) is 18.1. The van der Waals surface area contributed by atoms with Crippen LogP contribution in [0.1, 0.15) is 10.4 Å². The fraction of sp³-hybridized carbons (Fsp3) is 0.235. The van der Waals surface area contributed by atoms with Gasteiger partial charge in [-0.15, -0.1) is 0 Å². The predicted molar refractivity (Wildman–Crippen MR) is 91.0 cm³/mol. The molecule has 0 bridgehead atoms. The first kappa shape index (κ1) is 18.5. The molecule has 7 nitrogen and oxygen atoms in total. The summed E-state index contributed by atoms with van der Waals surface area (Å²) in [5.41, 5.74) is 0.219. The first-order valence-corrected chi connectivity index (χ1v) is 7.79. The maximum Gasteiger partial charge on any atom is 0.340 e. The van der Waals surface area contributed by atoms with Crippen molar-refractivity contribution in [2.75, 3.05) is 26.9 Å². The maximum absolute atomic E-state index is 11.7. The van der Waals surface area contributed by atoms with E-state index < -0.39 is 18.5 Å². The number of para-hydroxylation sites is 2. The Bertz CT molecular complexity index is 721. The lowest BCUT2D eigenvalue weighted by atomic mass is 10.3. The molecular formula is C17H17ClN2O5. The minimum Gasteiger partial charge on any atom is -0.493 e. The first-order chi connectivity index (χ1) is 12.1. The molecule has 1 aromatic heterocycles. The molecule has 0 radical (unpaired) electrons. The number of ether oxygens (including phenoxy) is 3. The molecule has 0 aliphatic heterocycles. The highest BCUT2D eigenvalue weighted by Gasteiger charge is 2.10. The van der Waals surface area contributed by atoms with Crippen LogP contribution in [-0.2, 0) is 9.53 Å². The Labute approximate surface area is 149 Å². The van der Waals surface area contributed by atoms with Gasteiger partial charge in [-0.2, -0.15) is 0 Å². The highest BCUT2D eigenvalue weighted by molar-refractivity contribution is 6.29. The van der Waals surface area contributed by atoms with Gasteiger partial charge in [0, 0.05) is 6.20 Å². The lowest BCUT2D eigenvalue weighted by molar-refractivity contribution is -0.124. The van der Waals surface area contributed by atoms with Gasteiger partial charge in [0.25, 0.3) is 5.91 Å². The molecule has 1 N–H and O–H groups in total. The van der Waals surface area contributed by atoms with Crippen molar-refractivity contribution in [2.45, 2.75) is 0 Å². The molecular weight excluding hydrogens is 348 g/mol. The van der Waals surface area contributed by atoms with Crippen molar-refractivity contribution in [1.82, 2.24) is 10.3 Å². The fourth-order valence-corrected chi connectivity index (χ4v) is 1.96. The number of carbonyl (C=O) groups is 2. The highest BCUT2D eigenvalue weighted by Crippen LogP contribution is 2.25. The predicted octanol–water partition coefficient (Wildman–Crippen LogP) is 2.10. The lowest BCUT2D eigenvalue weighted by Gasteiger charge is -2.11. The number of hydrogen-bond acceptors (Lipinski definition) is 6. The first-order valence-electron chi connectivity index (χ1n) is 7.41. The van der Waals surface area contributed by atoms with Crippen molar-refractivity contribution in [3.05, 3.63) is 53.3 Å². The van der Waals surface area contributed by atoms with Gasteiger partial charge < -0.3 is 19.5 Å². The van der Waals surface area contributed by atoms with E-state index in [4.69, 9.17) is 25.8 Å². The van der Waals surface area contributed by atoms with Gasteiger partial charge in [0.1, 0.15) is 11.8 Å². The van der Waals surface area contributed by atoms with E-state index in [0.29, 0.717) is 11.5 Å². The van der Waals surface area contributed by atoms with Crippen LogP contribution in [0.25, 0.3) is 0 Å². The number of rotatable bonds is 8. The molecule has 0 unspecified atom stereocenters. The van der Waals surface area contributed by atoms with E-state index in [2.05, 4.69) is 10.3 Å². The topological polar surface area (TPSA) is 86.8 Å². The zero-order valence-electron chi connectivity index (χ0n) is 13.5. The van der Waals surface area contributed by atoms with Crippen LogP contribution in [-0.4, -0.2) is 43.7 Å². The molecule has 0 aliphatic carbocycles. The van der Waals surface area contributed by atoms with E-state index in [1.807, 2.05) is 12.1 Å². The molecule has 25 heavy (non-hydrogen) atoms. The molecule has 0 saturated heterocycles. The molecule has 2 rings (SSSR count). The molecule has 0 aliphatic rings. The van der Waals surface area contributed by atoms with E-state index in [9.17, 15) is 9.59 Å². The van der Waals surface area contributed by atoms with Crippen LogP contribution in [0.2, 0.25) is 5.15 Å². The van der Waals surface area contributed by atoms with Gasteiger partial charge in [0.15, 0.2) is 18.1 Å². The number of nitrogens with one attached hydrogen (secondary N) is 1. The number of methoxy groups -OCH3 is 1. The van der Waals surface area contributed by atoms with Crippen molar-refractivity contribution in [1.29, 1.82) is 0 Å². The third-order valence-corrected chi connectivity index (χ3v) is 3.27. The number of hydrogen-bond donors (Lipinski definition) is 1.